The molecule has 1 aliphatic heterocycles. The predicted octanol–water partition coefficient (Wildman–Crippen LogP) is 3.69. The maximum absolute atomic E-state index is 12.4. The largest absolute Gasteiger partial charge is 0.326 e. The van der Waals surface area contributed by atoms with E-state index in [0.717, 1.165) is 20.5 Å². The van der Waals surface area contributed by atoms with Crippen molar-refractivity contribution >= 4 is 39.3 Å². The molecule has 6 heteroatoms. The Bertz CT molecular complexity index is 892. The van der Waals surface area contributed by atoms with E-state index >= 15 is 0 Å². The van der Waals surface area contributed by atoms with Gasteiger partial charge in [0.25, 0.3) is 11.8 Å². The Hall–Kier alpha value is -2.47. The van der Waals surface area contributed by atoms with Crippen molar-refractivity contribution in [2.75, 3.05) is 11.9 Å². The summed E-state index contributed by atoms with van der Waals surface area (Å²) in [6.07, 6.45) is 0.0551. The molecule has 128 valence electrons. The highest BCUT2D eigenvalue weighted by molar-refractivity contribution is 9.10. The van der Waals surface area contributed by atoms with Crippen LogP contribution in [0.25, 0.3) is 0 Å². The molecule has 0 aliphatic carbocycles. The van der Waals surface area contributed by atoms with Gasteiger partial charge in [0.05, 0.1) is 11.1 Å². The standard InChI is InChI=1S/C19H17BrN2O3/c1-11-3-5-14(9-12(11)2)21-17(23)7-8-22-18(24)15-6-4-13(20)10-16(15)19(22)25/h3-6,9-10H,7-8H2,1-2H3,(H,21,23). The van der Waals surface area contributed by atoms with Gasteiger partial charge in [0.1, 0.15) is 0 Å². The third-order valence-electron chi connectivity index (χ3n) is 4.29. The van der Waals surface area contributed by atoms with Gasteiger partial charge in [-0.1, -0.05) is 22.0 Å². The molecule has 3 amide bonds. The fourth-order valence-electron chi connectivity index (χ4n) is 2.72. The Morgan fingerprint density at radius 2 is 1.72 bits per heavy atom. The molecule has 1 heterocycles. The second-order valence-electron chi connectivity index (χ2n) is 6.05. The summed E-state index contributed by atoms with van der Waals surface area (Å²) in [4.78, 5) is 38.0. The van der Waals surface area contributed by atoms with Gasteiger partial charge in [-0.3, -0.25) is 19.3 Å². The summed E-state index contributed by atoms with van der Waals surface area (Å²) >= 11 is 3.30. The molecule has 0 bridgehead atoms. The second kappa shape index (κ2) is 6.80. The molecule has 0 fully saturated rings. The Morgan fingerprint density at radius 1 is 1.00 bits per heavy atom. The van der Waals surface area contributed by atoms with Crippen molar-refractivity contribution in [1.29, 1.82) is 0 Å². The minimum atomic E-state index is -0.361. The Kier molecular flexibility index (Phi) is 4.72. The smallest absolute Gasteiger partial charge is 0.261 e. The lowest BCUT2D eigenvalue weighted by molar-refractivity contribution is -0.116. The van der Waals surface area contributed by atoms with Crippen LogP contribution >= 0.6 is 15.9 Å². The van der Waals surface area contributed by atoms with Gasteiger partial charge < -0.3 is 5.32 Å². The van der Waals surface area contributed by atoms with Gasteiger partial charge in [0, 0.05) is 23.1 Å². The SMILES string of the molecule is Cc1ccc(NC(=O)CCN2C(=O)c3ccc(Br)cc3C2=O)cc1C. The molecule has 0 saturated carbocycles. The molecule has 0 unspecified atom stereocenters. The number of amides is 3. The summed E-state index contributed by atoms with van der Waals surface area (Å²) in [6.45, 7) is 4.03. The lowest BCUT2D eigenvalue weighted by Crippen LogP contribution is -2.32. The van der Waals surface area contributed by atoms with E-state index in [-0.39, 0.29) is 30.7 Å². The molecule has 0 saturated heterocycles. The van der Waals surface area contributed by atoms with E-state index in [1.54, 1.807) is 18.2 Å². The van der Waals surface area contributed by atoms with Crippen molar-refractivity contribution in [2.45, 2.75) is 20.3 Å². The number of hydrogen-bond donors (Lipinski definition) is 1. The number of rotatable bonds is 4. The fraction of sp³-hybridized carbons (Fsp3) is 0.211. The zero-order valence-electron chi connectivity index (χ0n) is 13.9. The summed E-state index contributed by atoms with van der Waals surface area (Å²) in [5.41, 5.74) is 3.69. The predicted molar refractivity (Wildman–Crippen MR) is 98.7 cm³/mol. The quantitative estimate of drug-likeness (QED) is 0.795. The van der Waals surface area contributed by atoms with Gasteiger partial charge in [-0.15, -0.1) is 0 Å². The molecule has 1 N–H and O–H groups in total. The van der Waals surface area contributed by atoms with Gasteiger partial charge in [0.15, 0.2) is 0 Å². The second-order valence-corrected chi connectivity index (χ2v) is 6.96. The van der Waals surface area contributed by atoms with Crippen LogP contribution in [0.3, 0.4) is 0 Å². The normalized spacial score (nSPS) is 13.2. The summed E-state index contributed by atoms with van der Waals surface area (Å²) in [6, 6.07) is 10.6. The molecule has 2 aromatic carbocycles. The number of nitrogens with zero attached hydrogens (tertiary/aromatic N) is 1. The highest BCUT2D eigenvalue weighted by Gasteiger charge is 2.35. The number of carbonyl (C=O) groups is 3. The molecule has 0 atom stereocenters. The van der Waals surface area contributed by atoms with Crippen LogP contribution in [0.2, 0.25) is 0 Å². The number of anilines is 1. The average molecular weight is 401 g/mol. The first-order valence-electron chi connectivity index (χ1n) is 7.89. The number of aryl methyl sites for hydroxylation is 2. The molecule has 0 aromatic heterocycles. The summed E-state index contributed by atoms with van der Waals surface area (Å²) in [5, 5.41) is 2.80. The van der Waals surface area contributed by atoms with Crippen molar-refractivity contribution in [1.82, 2.24) is 4.90 Å². The van der Waals surface area contributed by atoms with Gasteiger partial charge in [-0.05, 0) is 55.3 Å². The van der Waals surface area contributed by atoms with Gasteiger partial charge >= 0.3 is 0 Å². The van der Waals surface area contributed by atoms with Crippen LogP contribution < -0.4 is 5.32 Å². The summed E-state index contributed by atoms with van der Waals surface area (Å²) < 4.78 is 0.738. The van der Waals surface area contributed by atoms with Crippen LogP contribution in [0, 0.1) is 13.8 Å². The van der Waals surface area contributed by atoms with Crippen LogP contribution in [0.5, 0.6) is 0 Å². The summed E-state index contributed by atoms with van der Waals surface area (Å²) in [7, 11) is 0. The van der Waals surface area contributed by atoms with Crippen molar-refractivity contribution < 1.29 is 14.4 Å². The van der Waals surface area contributed by atoms with Crippen LogP contribution in [-0.2, 0) is 4.79 Å². The average Bonchev–Trinajstić information content (AvgIpc) is 2.80. The zero-order valence-corrected chi connectivity index (χ0v) is 15.5. The third-order valence-corrected chi connectivity index (χ3v) is 4.78. The highest BCUT2D eigenvalue weighted by Crippen LogP contribution is 2.26. The Balaban J connectivity index is 1.64. The topological polar surface area (TPSA) is 66.5 Å². The number of carbonyl (C=O) groups excluding carboxylic acids is 3. The summed E-state index contributed by atoms with van der Waals surface area (Å²) in [5.74, 6) is -0.951. The lowest BCUT2D eigenvalue weighted by atomic mass is 10.1. The van der Waals surface area contributed by atoms with E-state index in [2.05, 4.69) is 21.2 Å². The van der Waals surface area contributed by atoms with Crippen LogP contribution in [-0.4, -0.2) is 29.2 Å². The van der Waals surface area contributed by atoms with E-state index in [0.29, 0.717) is 16.8 Å². The molecule has 25 heavy (non-hydrogen) atoms. The third kappa shape index (κ3) is 3.49. The van der Waals surface area contributed by atoms with Gasteiger partial charge in [-0.25, -0.2) is 0 Å². The van der Waals surface area contributed by atoms with E-state index in [4.69, 9.17) is 0 Å². The number of imide groups is 1. The highest BCUT2D eigenvalue weighted by atomic mass is 79.9. The molecular formula is C19H17BrN2O3. The number of fused-ring (bicyclic) bond motifs is 1. The van der Waals surface area contributed by atoms with E-state index in [1.165, 1.54) is 0 Å². The number of halogens is 1. The zero-order chi connectivity index (χ0) is 18.1. The number of benzene rings is 2. The van der Waals surface area contributed by atoms with Crippen LogP contribution in [0.1, 0.15) is 38.3 Å². The van der Waals surface area contributed by atoms with Gasteiger partial charge in [0.2, 0.25) is 5.91 Å². The van der Waals surface area contributed by atoms with Crippen LogP contribution in [0.15, 0.2) is 40.9 Å². The molecule has 5 nitrogen and oxygen atoms in total. The van der Waals surface area contributed by atoms with Crippen molar-refractivity contribution in [3.05, 3.63) is 63.1 Å². The molecule has 0 spiro atoms. The van der Waals surface area contributed by atoms with E-state index < -0.39 is 0 Å². The van der Waals surface area contributed by atoms with Crippen LogP contribution in [0.4, 0.5) is 5.69 Å². The first-order chi connectivity index (χ1) is 11.9. The van der Waals surface area contributed by atoms with Crippen molar-refractivity contribution in [2.24, 2.45) is 0 Å². The van der Waals surface area contributed by atoms with E-state index in [9.17, 15) is 14.4 Å². The number of hydrogen-bond acceptors (Lipinski definition) is 3. The first kappa shape index (κ1) is 17.4. The lowest BCUT2D eigenvalue weighted by Gasteiger charge is -2.14. The van der Waals surface area contributed by atoms with Crippen molar-refractivity contribution in [3.8, 4) is 0 Å². The Labute approximate surface area is 154 Å². The van der Waals surface area contributed by atoms with E-state index in [1.807, 2.05) is 32.0 Å². The fourth-order valence-corrected chi connectivity index (χ4v) is 3.08. The molecule has 2 aromatic rings. The molecule has 0 radical (unpaired) electrons. The maximum atomic E-state index is 12.4. The maximum Gasteiger partial charge on any atom is 0.261 e. The Morgan fingerprint density at radius 3 is 2.44 bits per heavy atom. The first-order valence-corrected chi connectivity index (χ1v) is 8.69. The number of nitrogens with one attached hydrogen (secondary N) is 1. The minimum absolute atomic E-state index is 0.0551. The van der Waals surface area contributed by atoms with Gasteiger partial charge in [-0.2, -0.15) is 0 Å². The monoisotopic (exact) mass is 400 g/mol. The molecule has 1 aliphatic rings. The molecule has 3 rings (SSSR count). The molecular weight excluding hydrogens is 384 g/mol. The van der Waals surface area contributed by atoms with Crippen molar-refractivity contribution in [3.63, 3.8) is 0 Å². The minimum Gasteiger partial charge on any atom is -0.326 e.